The van der Waals surface area contributed by atoms with Crippen LogP contribution in [0, 0.1) is 0 Å². The van der Waals surface area contributed by atoms with Crippen LogP contribution in [0.2, 0.25) is 5.15 Å². The highest BCUT2D eigenvalue weighted by Crippen LogP contribution is 2.17. The summed E-state index contributed by atoms with van der Waals surface area (Å²) in [5.74, 6) is 0.152. The molecule has 0 saturated carbocycles. The number of para-hydroxylation sites is 1. The molecule has 1 aromatic carbocycles. The van der Waals surface area contributed by atoms with Crippen LogP contribution in [0.15, 0.2) is 54.7 Å². The molecule has 0 bridgehead atoms. The summed E-state index contributed by atoms with van der Waals surface area (Å²) in [5.41, 5.74) is 1.17. The average molecular weight is 284 g/mol. The zero-order valence-corrected chi connectivity index (χ0v) is 11.1. The Bertz CT molecular complexity index is 783. The van der Waals surface area contributed by atoms with E-state index in [9.17, 15) is 4.79 Å². The van der Waals surface area contributed by atoms with Gasteiger partial charge in [-0.25, -0.2) is 4.98 Å². The lowest BCUT2D eigenvalue weighted by Gasteiger charge is -2.06. The predicted octanol–water partition coefficient (Wildman–Crippen LogP) is 3.54. The minimum absolute atomic E-state index is 0.260. The minimum atomic E-state index is -0.260. The van der Waals surface area contributed by atoms with E-state index in [2.05, 4.69) is 15.3 Å². The van der Waals surface area contributed by atoms with Crippen molar-refractivity contribution in [3.63, 3.8) is 0 Å². The van der Waals surface area contributed by atoms with Gasteiger partial charge in [-0.2, -0.15) is 0 Å². The van der Waals surface area contributed by atoms with E-state index in [1.165, 1.54) is 0 Å². The van der Waals surface area contributed by atoms with E-state index in [1.807, 2.05) is 24.3 Å². The maximum Gasteiger partial charge on any atom is 0.259 e. The number of hydrogen-bond acceptors (Lipinski definition) is 3. The molecule has 0 radical (unpaired) electrons. The van der Waals surface area contributed by atoms with Crippen molar-refractivity contribution in [1.29, 1.82) is 0 Å². The quantitative estimate of drug-likeness (QED) is 0.732. The molecule has 0 fully saturated rings. The van der Waals surface area contributed by atoms with Crippen molar-refractivity contribution in [3.8, 4) is 0 Å². The molecule has 20 heavy (non-hydrogen) atoms. The topological polar surface area (TPSA) is 54.9 Å². The fourth-order valence-corrected chi connectivity index (χ4v) is 2.11. The summed E-state index contributed by atoms with van der Waals surface area (Å²) in [4.78, 5) is 20.6. The lowest BCUT2D eigenvalue weighted by atomic mass is 10.1. The number of pyridine rings is 2. The summed E-state index contributed by atoms with van der Waals surface area (Å²) in [5, 5.41) is 3.96. The second-order valence-electron chi connectivity index (χ2n) is 4.18. The van der Waals surface area contributed by atoms with Crippen molar-refractivity contribution in [2.45, 2.75) is 0 Å². The molecule has 0 unspecified atom stereocenters. The van der Waals surface area contributed by atoms with Crippen molar-refractivity contribution in [3.05, 3.63) is 65.4 Å². The minimum Gasteiger partial charge on any atom is -0.306 e. The molecule has 1 amide bonds. The van der Waals surface area contributed by atoms with Crippen molar-refractivity contribution in [2.75, 3.05) is 5.32 Å². The van der Waals surface area contributed by atoms with E-state index in [1.54, 1.807) is 30.5 Å². The molecule has 0 aliphatic heterocycles. The number of fused-ring (bicyclic) bond motifs is 1. The van der Waals surface area contributed by atoms with Crippen LogP contribution in [0.4, 0.5) is 5.82 Å². The van der Waals surface area contributed by atoms with E-state index < -0.39 is 0 Å². The molecule has 98 valence electrons. The monoisotopic (exact) mass is 283 g/mol. The summed E-state index contributed by atoms with van der Waals surface area (Å²) in [6.07, 6.45) is 1.66. The van der Waals surface area contributed by atoms with Gasteiger partial charge >= 0.3 is 0 Å². The van der Waals surface area contributed by atoms with Gasteiger partial charge in [0.2, 0.25) is 0 Å². The third-order valence-electron chi connectivity index (χ3n) is 2.83. The molecule has 0 atom stereocenters. The Morgan fingerprint density at radius 2 is 1.85 bits per heavy atom. The zero-order chi connectivity index (χ0) is 13.9. The molecule has 1 N–H and O–H groups in total. The Labute approximate surface area is 120 Å². The lowest BCUT2D eigenvalue weighted by Crippen LogP contribution is -2.13. The number of amides is 1. The summed E-state index contributed by atoms with van der Waals surface area (Å²) in [7, 11) is 0. The highest BCUT2D eigenvalue weighted by atomic mass is 35.5. The number of nitrogens with one attached hydrogen (secondary N) is 1. The summed E-state index contributed by atoms with van der Waals surface area (Å²) >= 11 is 5.79. The van der Waals surface area contributed by atoms with Crippen molar-refractivity contribution >= 4 is 34.2 Å². The molecule has 5 heteroatoms. The highest BCUT2D eigenvalue weighted by molar-refractivity contribution is 6.29. The van der Waals surface area contributed by atoms with Crippen molar-refractivity contribution in [1.82, 2.24) is 9.97 Å². The first kappa shape index (κ1) is 12.6. The van der Waals surface area contributed by atoms with Crippen molar-refractivity contribution < 1.29 is 4.79 Å². The molecular formula is C15H10ClN3O. The van der Waals surface area contributed by atoms with Gasteiger partial charge in [0.1, 0.15) is 11.0 Å². The maximum absolute atomic E-state index is 12.3. The van der Waals surface area contributed by atoms with Gasteiger partial charge in [0, 0.05) is 11.6 Å². The Hall–Kier alpha value is -2.46. The van der Waals surface area contributed by atoms with Crippen LogP contribution in [-0.4, -0.2) is 15.9 Å². The fraction of sp³-hybridized carbons (Fsp3) is 0. The third-order valence-corrected chi connectivity index (χ3v) is 3.04. The molecule has 2 aromatic heterocycles. The molecule has 0 spiro atoms. The van der Waals surface area contributed by atoms with Gasteiger partial charge < -0.3 is 5.32 Å². The van der Waals surface area contributed by atoms with Gasteiger partial charge in [-0.1, -0.05) is 35.9 Å². The second-order valence-corrected chi connectivity index (χ2v) is 4.57. The van der Waals surface area contributed by atoms with Gasteiger partial charge in [-0.05, 0) is 24.3 Å². The Balaban J connectivity index is 1.97. The van der Waals surface area contributed by atoms with Gasteiger partial charge in [0.15, 0.2) is 0 Å². The van der Waals surface area contributed by atoms with Gasteiger partial charge in [-0.3, -0.25) is 9.78 Å². The smallest absolute Gasteiger partial charge is 0.259 e. The molecule has 0 aliphatic carbocycles. The predicted molar refractivity (Wildman–Crippen MR) is 78.9 cm³/mol. The Morgan fingerprint density at radius 1 is 1.05 bits per heavy atom. The normalized spacial score (nSPS) is 10.4. The molecule has 3 aromatic rings. The number of aromatic nitrogens is 2. The summed E-state index contributed by atoms with van der Waals surface area (Å²) in [6.45, 7) is 0. The maximum atomic E-state index is 12.3. The number of hydrogen-bond donors (Lipinski definition) is 1. The molecule has 3 rings (SSSR count). The van der Waals surface area contributed by atoms with E-state index >= 15 is 0 Å². The number of carbonyl (C=O) groups excluding carboxylic acids is 1. The first-order chi connectivity index (χ1) is 9.74. The average Bonchev–Trinajstić information content (AvgIpc) is 2.46. The third kappa shape index (κ3) is 2.46. The number of anilines is 1. The van der Waals surface area contributed by atoms with E-state index in [0.717, 1.165) is 5.39 Å². The molecular weight excluding hydrogens is 274 g/mol. The highest BCUT2D eigenvalue weighted by Gasteiger charge is 2.11. The molecule has 4 nitrogen and oxygen atoms in total. The SMILES string of the molecule is O=C(Nc1cccc(Cl)n1)c1cccc2cccnc12. The molecule has 0 aliphatic rings. The Kier molecular flexibility index (Phi) is 3.31. The van der Waals surface area contributed by atoms with E-state index in [-0.39, 0.29) is 5.91 Å². The standard InChI is InChI=1S/C15H10ClN3O/c16-12-7-2-8-13(18-12)19-15(20)11-6-1-4-10-5-3-9-17-14(10)11/h1-9H,(H,18,19,20). The van der Waals surface area contributed by atoms with Crippen LogP contribution in [-0.2, 0) is 0 Å². The molecule has 0 saturated heterocycles. The van der Waals surface area contributed by atoms with Gasteiger partial charge in [0.25, 0.3) is 5.91 Å². The van der Waals surface area contributed by atoms with Crippen LogP contribution in [0.25, 0.3) is 10.9 Å². The summed E-state index contributed by atoms with van der Waals surface area (Å²) in [6, 6.07) is 14.3. The number of carbonyl (C=O) groups is 1. The van der Waals surface area contributed by atoms with Crippen LogP contribution in [0.1, 0.15) is 10.4 Å². The summed E-state index contributed by atoms with van der Waals surface area (Å²) < 4.78 is 0. The number of benzene rings is 1. The largest absolute Gasteiger partial charge is 0.306 e. The number of rotatable bonds is 2. The number of halogens is 1. The molecule has 2 heterocycles. The van der Waals surface area contributed by atoms with Crippen LogP contribution in [0.3, 0.4) is 0 Å². The lowest BCUT2D eigenvalue weighted by molar-refractivity contribution is 0.102. The van der Waals surface area contributed by atoms with Crippen LogP contribution >= 0.6 is 11.6 Å². The van der Waals surface area contributed by atoms with Crippen LogP contribution < -0.4 is 5.32 Å². The zero-order valence-electron chi connectivity index (χ0n) is 10.4. The van der Waals surface area contributed by atoms with Crippen molar-refractivity contribution in [2.24, 2.45) is 0 Å². The van der Waals surface area contributed by atoms with Gasteiger partial charge in [-0.15, -0.1) is 0 Å². The Morgan fingerprint density at radius 3 is 2.70 bits per heavy atom. The first-order valence-electron chi connectivity index (χ1n) is 6.02. The fourth-order valence-electron chi connectivity index (χ4n) is 1.95. The number of nitrogens with zero attached hydrogens (tertiary/aromatic N) is 2. The second kappa shape index (κ2) is 5.27. The first-order valence-corrected chi connectivity index (χ1v) is 6.39. The van der Waals surface area contributed by atoms with Crippen LogP contribution in [0.5, 0.6) is 0 Å². The van der Waals surface area contributed by atoms with E-state index in [0.29, 0.717) is 22.1 Å². The van der Waals surface area contributed by atoms with Gasteiger partial charge in [0.05, 0.1) is 11.1 Å². The van der Waals surface area contributed by atoms with E-state index in [4.69, 9.17) is 11.6 Å².